The number of rotatable bonds is 2. The third kappa shape index (κ3) is 5.47. The van der Waals surface area contributed by atoms with E-state index in [2.05, 4.69) is 10.3 Å². The van der Waals surface area contributed by atoms with Crippen LogP contribution < -0.4 is 10.2 Å². The Balaban J connectivity index is 2.05. The maximum absolute atomic E-state index is 14.1. The molecule has 140 valence electrons. The number of hydrogen-bond acceptors (Lipinski definition) is 4. The SMILES string of the molecule is CC(C)(C)OC(=O)NC1CCCN(c2ncc(C(F)(F)F)cc2F)C1. The first-order valence-electron chi connectivity index (χ1n) is 7.93. The van der Waals surface area contributed by atoms with Gasteiger partial charge in [0, 0.05) is 25.3 Å². The molecular weight excluding hydrogens is 342 g/mol. The second-order valence-corrected chi connectivity index (χ2v) is 6.96. The molecule has 0 aliphatic carbocycles. The van der Waals surface area contributed by atoms with Gasteiger partial charge in [0.25, 0.3) is 0 Å². The summed E-state index contributed by atoms with van der Waals surface area (Å²) in [4.78, 5) is 17.0. The van der Waals surface area contributed by atoms with E-state index in [1.54, 1.807) is 20.8 Å². The van der Waals surface area contributed by atoms with Crippen molar-refractivity contribution in [2.24, 2.45) is 0 Å². The molecular formula is C16H21F4N3O2. The minimum atomic E-state index is -4.64. The number of alkyl carbamates (subject to hydrolysis) is 1. The van der Waals surface area contributed by atoms with Crippen molar-refractivity contribution in [3.63, 3.8) is 0 Å². The number of nitrogens with one attached hydrogen (secondary N) is 1. The monoisotopic (exact) mass is 363 g/mol. The number of pyridine rings is 1. The summed E-state index contributed by atoms with van der Waals surface area (Å²) in [6.45, 7) is 5.90. The number of alkyl halides is 3. The summed E-state index contributed by atoms with van der Waals surface area (Å²) >= 11 is 0. The molecule has 1 aromatic rings. The van der Waals surface area contributed by atoms with Crippen molar-refractivity contribution >= 4 is 11.9 Å². The topological polar surface area (TPSA) is 54.5 Å². The quantitative estimate of drug-likeness (QED) is 0.814. The molecule has 1 saturated heterocycles. The van der Waals surface area contributed by atoms with Crippen LogP contribution in [0.2, 0.25) is 0 Å². The van der Waals surface area contributed by atoms with Gasteiger partial charge >= 0.3 is 12.3 Å². The second kappa shape index (κ2) is 7.05. The zero-order valence-corrected chi connectivity index (χ0v) is 14.3. The van der Waals surface area contributed by atoms with E-state index in [9.17, 15) is 22.4 Å². The zero-order valence-electron chi connectivity index (χ0n) is 14.3. The first-order chi connectivity index (χ1) is 11.5. The lowest BCUT2D eigenvalue weighted by atomic mass is 10.1. The highest BCUT2D eigenvalue weighted by molar-refractivity contribution is 5.68. The number of carbonyl (C=O) groups is 1. The van der Waals surface area contributed by atoms with E-state index < -0.39 is 29.3 Å². The summed E-state index contributed by atoms with van der Waals surface area (Å²) in [5.74, 6) is -1.18. The number of ether oxygens (including phenoxy) is 1. The molecule has 0 bridgehead atoms. The van der Waals surface area contributed by atoms with Crippen molar-refractivity contribution in [3.8, 4) is 0 Å². The van der Waals surface area contributed by atoms with Crippen LogP contribution in [-0.4, -0.2) is 35.8 Å². The van der Waals surface area contributed by atoms with Gasteiger partial charge in [0.2, 0.25) is 0 Å². The fourth-order valence-corrected chi connectivity index (χ4v) is 2.58. The highest BCUT2D eigenvalue weighted by atomic mass is 19.4. The third-order valence-corrected chi connectivity index (χ3v) is 3.59. The largest absolute Gasteiger partial charge is 0.444 e. The molecule has 1 aliphatic rings. The lowest BCUT2D eigenvalue weighted by Gasteiger charge is -2.34. The number of aromatic nitrogens is 1. The van der Waals surface area contributed by atoms with Crippen molar-refractivity contribution in [1.29, 1.82) is 0 Å². The summed E-state index contributed by atoms with van der Waals surface area (Å²) in [6, 6.07) is 0.139. The van der Waals surface area contributed by atoms with E-state index in [0.717, 1.165) is 0 Å². The smallest absolute Gasteiger partial charge is 0.417 e. The Hall–Kier alpha value is -2.06. The lowest BCUT2D eigenvalue weighted by molar-refractivity contribution is -0.138. The van der Waals surface area contributed by atoms with Crippen LogP contribution in [0.4, 0.5) is 28.2 Å². The predicted molar refractivity (Wildman–Crippen MR) is 83.8 cm³/mol. The number of nitrogens with zero attached hydrogens (tertiary/aromatic N) is 2. The standard InChI is InChI=1S/C16H21F4N3O2/c1-15(2,3)25-14(24)22-11-5-4-6-23(9-11)13-12(17)7-10(8-21-13)16(18,19)20/h7-8,11H,4-6,9H2,1-3H3,(H,22,24). The van der Waals surface area contributed by atoms with Gasteiger partial charge in [0.15, 0.2) is 11.6 Å². The Kier molecular flexibility index (Phi) is 5.43. The Labute approximate surface area is 143 Å². The molecule has 0 aromatic carbocycles. The molecule has 1 aromatic heterocycles. The third-order valence-electron chi connectivity index (χ3n) is 3.59. The number of hydrogen-bond donors (Lipinski definition) is 1. The number of amides is 1. The number of anilines is 1. The van der Waals surface area contributed by atoms with Crippen LogP contribution in [0.3, 0.4) is 0 Å². The molecule has 0 radical (unpaired) electrons. The van der Waals surface area contributed by atoms with Crippen LogP contribution in [0, 0.1) is 5.82 Å². The predicted octanol–water partition coefficient (Wildman–Crippen LogP) is 3.73. The van der Waals surface area contributed by atoms with E-state index in [0.29, 0.717) is 31.6 Å². The molecule has 1 aliphatic heterocycles. The van der Waals surface area contributed by atoms with Crippen LogP contribution in [-0.2, 0) is 10.9 Å². The van der Waals surface area contributed by atoms with Crippen LogP contribution >= 0.6 is 0 Å². The van der Waals surface area contributed by atoms with Crippen LogP contribution in [0.25, 0.3) is 0 Å². The van der Waals surface area contributed by atoms with Crippen molar-refractivity contribution in [2.45, 2.75) is 51.4 Å². The number of halogens is 4. The average molecular weight is 363 g/mol. The fourth-order valence-electron chi connectivity index (χ4n) is 2.58. The molecule has 9 heteroatoms. The van der Waals surface area contributed by atoms with Gasteiger partial charge < -0.3 is 15.0 Å². The van der Waals surface area contributed by atoms with Crippen LogP contribution in [0.1, 0.15) is 39.2 Å². The molecule has 1 amide bonds. The second-order valence-electron chi connectivity index (χ2n) is 6.96. The molecule has 2 rings (SSSR count). The van der Waals surface area contributed by atoms with Gasteiger partial charge in [-0.3, -0.25) is 0 Å². The van der Waals surface area contributed by atoms with Crippen LogP contribution in [0.5, 0.6) is 0 Å². The molecule has 1 unspecified atom stereocenters. The first kappa shape index (κ1) is 19.3. The van der Waals surface area contributed by atoms with Gasteiger partial charge in [0.05, 0.1) is 5.56 Å². The molecule has 1 fully saturated rings. The Morgan fingerprint density at radius 3 is 2.60 bits per heavy atom. The normalized spacial score (nSPS) is 18.8. The average Bonchev–Trinajstić information content (AvgIpc) is 2.44. The van der Waals surface area contributed by atoms with Gasteiger partial charge in [-0.15, -0.1) is 0 Å². The van der Waals surface area contributed by atoms with E-state index in [-0.39, 0.29) is 18.4 Å². The summed E-state index contributed by atoms with van der Waals surface area (Å²) in [5.41, 5.74) is -1.77. The Morgan fingerprint density at radius 2 is 2.04 bits per heavy atom. The van der Waals surface area contributed by atoms with Crippen molar-refractivity contribution in [2.75, 3.05) is 18.0 Å². The van der Waals surface area contributed by atoms with Crippen molar-refractivity contribution in [3.05, 3.63) is 23.6 Å². The van der Waals surface area contributed by atoms with E-state index in [1.807, 2.05) is 0 Å². The first-order valence-corrected chi connectivity index (χ1v) is 7.93. The molecule has 0 spiro atoms. The maximum atomic E-state index is 14.1. The van der Waals surface area contributed by atoms with E-state index in [1.165, 1.54) is 4.90 Å². The highest BCUT2D eigenvalue weighted by Gasteiger charge is 2.33. The molecule has 2 heterocycles. The Morgan fingerprint density at radius 1 is 1.36 bits per heavy atom. The zero-order chi connectivity index (χ0) is 18.8. The summed E-state index contributed by atoms with van der Waals surface area (Å²) < 4.78 is 57.0. The van der Waals surface area contributed by atoms with Gasteiger partial charge in [-0.1, -0.05) is 0 Å². The Bertz CT molecular complexity index is 629. The minimum Gasteiger partial charge on any atom is -0.444 e. The maximum Gasteiger partial charge on any atom is 0.417 e. The van der Waals surface area contributed by atoms with E-state index in [4.69, 9.17) is 4.74 Å². The summed E-state index contributed by atoms with van der Waals surface area (Å²) in [5, 5.41) is 2.70. The highest BCUT2D eigenvalue weighted by Crippen LogP contribution is 2.31. The molecule has 1 N–H and O–H groups in total. The van der Waals surface area contributed by atoms with Gasteiger partial charge in [-0.2, -0.15) is 13.2 Å². The summed E-state index contributed by atoms with van der Waals surface area (Å²) in [7, 11) is 0. The fraction of sp³-hybridized carbons (Fsp3) is 0.625. The van der Waals surface area contributed by atoms with Crippen molar-refractivity contribution < 1.29 is 27.1 Å². The van der Waals surface area contributed by atoms with Gasteiger partial charge in [0.1, 0.15) is 5.60 Å². The number of carbonyl (C=O) groups excluding carboxylic acids is 1. The van der Waals surface area contributed by atoms with Gasteiger partial charge in [-0.25, -0.2) is 14.2 Å². The van der Waals surface area contributed by atoms with Gasteiger partial charge in [-0.05, 0) is 39.7 Å². The molecule has 1 atom stereocenters. The number of piperidine rings is 1. The van der Waals surface area contributed by atoms with E-state index >= 15 is 0 Å². The lowest BCUT2D eigenvalue weighted by Crippen LogP contribution is -2.49. The van der Waals surface area contributed by atoms with Crippen LogP contribution in [0.15, 0.2) is 12.3 Å². The molecule has 5 nitrogen and oxygen atoms in total. The minimum absolute atomic E-state index is 0.149. The van der Waals surface area contributed by atoms with Crippen molar-refractivity contribution in [1.82, 2.24) is 10.3 Å². The summed E-state index contributed by atoms with van der Waals surface area (Å²) in [6.07, 6.45) is -3.31. The molecule has 0 saturated carbocycles. The molecule has 25 heavy (non-hydrogen) atoms.